The first-order chi connectivity index (χ1) is 11.1. The zero-order chi connectivity index (χ0) is 16.2. The van der Waals surface area contributed by atoms with Crippen molar-refractivity contribution in [2.75, 3.05) is 23.3 Å². The van der Waals surface area contributed by atoms with Gasteiger partial charge in [-0.05, 0) is 56.2 Å². The van der Waals surface area contributed by atoms with Crippen molar-refractivity contribution in [2.24, 2.45) is 0 Å². The van der Waals surface area contributed by atoms with Gasteiger partial charge in [-0.3, -0.25) is 14.6 Å². The van der Waals surface area contributed by atoms with Crippen molar-refractivity contribution in [3.05, 3.63) is 53.9 Å². The van der Waals surface area contributed by atoms with Crippen LogP contribution < -0.4 is 10.2 Å². The van der Waals surface area contributed by atoms with Gasteiger partial charge in [-0.25, -0.2) is 0 Å². The Hall–Kier alpha value is -2.69. The smallest absolute Gasteiger partial charge is 0.274 e. The van der Waals surface area contributed by atoms with Gasteiger partial charge in [0.1, 0.15) is 5.69 Å². The number of anilines is 2. The number of Topliss-reactive ketones (excluding diaryl/α,β-unsaturated/α-hetero) is 1. The van der Waals surface area contributed by atoms with Gasteiger partial charge in [-0.1, -0.05) is 0 Å². The molecule has 23 heavy (non-hydrogen) atoms. The molecule has 0 saturated carbocycles. The number of carbonyl (C=O) groups is 2. The predicted octanol–water partition coefficient (Wildman–Crippen LogP) is 3.14. The van der Waals surface area contributed by atoms with Gasteiger partial charge in [0.05, 0.1) is 0 Å². The Balaban J connectivity index is 1.72. The number of benzene rings is 1. The van der Waals surface area contributed by atoms with Crippen molar-refractivity contribution < 1.29 is 9.59 Å². The van der Waals surface area contributed by atoms with Gasteiger partial charge in [0.2, 0.25) is 0 Å². The van der Waals surface area contributed by atoms with E-state index in [-0.39, 0.29) is 11.7 Å². The first-order valence-electron chi connectivity index (χ1n) is 7.77. The van der Waals surface area contributed by atoms with Crippen molar-refractivity contribution in [3.63, 3.8) is 0 Å². The predicted molar refractivity (Wildman–Crippen MR) is 90.1 cm³/mol. The van der Waals surface area contributed by atoms with Crippen molar-refractivity contribution in [3.8, 4) is 0 Å². The lowest BCUT2D eigenvalue weighted by molar-refractivity contribution is 0.101. The van der Waals surface area contributed by atoms with Crippen LogP contribution in [0.15, 0.2) is 42.6 Å². The standard InChI is InChI=1S/C18H19N3O2/c1-13(22)14-4-6-15(7-5-14)20-18(23)17-12-16(8-9-19-17)21-10-2-3-11-21/h4-9,12H,2-3,10-11H2,1H3,(H,20,23). The molecule has 5 nitrogen and oxygen atoms in total. The molecule has 1 aliphatic heterocycles. The molecule has 1 amide bonds. The van der Waals surface area contributed by atoms with Crippen molar-refractivity contribution >= 4 is 23.1 Å². The Bertz CT molecular complexity index is 719. The number of aromatic nitrogens is 1. The Labute approximate surface area is 135 Å². The van der Waals surface area contributed by atoms with E-state index in [2.05, 4.69) is 15.2 Å². The zero-order valence-corrected chi connectivity index (χ0v) is 13.1. The summed E-state index contributed by atoms with van der Waals surface area (Å²) in [7, 11) is 0. The largest absolute Gasteiger partial charge is 0.371 e. The molecule has 1 aliphatic rings. The highest BCUT2D eigenvalue weighted by Gasteiger charge is 2.15. The summed E-state index contributed by atoms with van der Waals surface area (Å²) in [6, 6.07) is 10.6. The minimum Gasteiger partial charge on any atom is -0.371 e. The maximum absolute atomic E-state index is 12.3. The van der Waals surface area contributed by atoms with E-state index in [1.165, 1.54) is 19.8 Å². The van der Waals surface area contributed by atoms with Gasteiger partial charge in [-0.15, -0.1) is 0 Å². The van der Waals surface area contributed by atoms with Crippen LogP contribution in [0.3, 0.4) is 0 Å². The summed E-state index contributed by atoms with van der Waals surface area (Å²) in [6.45, 7) is 3.57. The van der Waals surface area contributed by atoms with E-state index in [0.717, 1.165) is 18.8 Å². The summed E-state index contributed by atoms with van der Waals surface area (Å²) in [5.41, 5.74) is 2.70. The van der Waals surface area contributed by atoms with E-state index in [1.54, 1.807) is 30.5 Å². The Kier molecular flexibility index (Phi) is 4.37. The number of nitrogens with one attached hydrogen (secondary N) is 1. The molecule has 0 unspecified atom stereocenters. The van der Waals surface area contributed by atoms with Crippen LogP contribution in [0.25, 0.3) is 0 Å². The fourth-order valence-electron chi connectivity index (χ4n) is 2.70. The number of nitrogens with zero attached hydrogens (tertiary/aromatic N) is 2. The van der Waals surface area contributed by atoms with Gasteiger partial charge >= 0.3 is 0 Å². The molecule has 5 heteroatoms. The van der Waals surface area contributed by atoms with E-state index in [9.17, 15) is 9.59 Å². The average molecular weight is 309 g/mol. The van der Waals surface area contributed by atoms with Gasteiger partial charge in [-0.2, -0.15) is 0 Å². The number of hydrogen-bond donors (Lipinski definition) is 1. The lowest BCUT2D eigenvalue weighted by Crippen LogP contribution is -2.19. The fraction of sp³-hybridized carbons (Fsp3) is 0.278. The zero-order valence-electron chi connectivity index (χ0n) is 13.1. The van der Waals surface area contributed by atoms with Crippen LogP contribution >= 0.6 is 0 Å². The lowest BCUT2D eigenvalue weighted by atomic mass is 10.1. The second-order valence-corrected chi connectivity index (χ2v) is 5.68. The molecular formula is C18H19N3O2. The number of amides is 1. The monoisotopic (exact) mass is 309 g/mol. The van der Waals surface area contributed by atoms with E-state index in [4.69, 9.17) is 0 Å². The molecule has 1 aromatic carbocycles. The molecule has 0 radical (unpaired) electrons. The third-order valence-electron chi connectivity index (χ3n) is 4.00. The van der Waals surface area contributed by atoms with Gasteiger partial charge in [0, 0.05) is 36.2 Å². The summed E-state index contributed by atoms with van der Waals surface area (Å²) in [5, 5.41) is 2.81. The van der Waals surface area contributed by atoms with Crippen molar-refractivity contribution in [1.82, 2.24) is 4.98 Å². The topological polar surface area (TPSA) is 62.3 Å². The van der Waals surface area contributed by atoms with Crippen LogP contribution in [-0.4, -0.2) is 29.8 Å². The molecule has 0 atom stereocenters. The molecular weight excluding hydrogens is 290 g/mol. The second-order valence-electron chi connectivity index (χ2n) is 5.68. The summed E-state index contributed by atoms with van der Waals surface area (Å²) in [5.74, 6) is -0.246. The highest BCUT2D eigenvalue weighted by molar-refractivity contribution is 6.03. The van der Waals surface area contributed by atoms with E-state index < -0.39 is 0 Å². The minimum atomic E-state index is -0.248. The maximum atomic E-state index is 12.3. The number of rotatable bonds is 4. The average Bonchev–Trinajstić information content (AvgIpc) is 3.10. The Morgan fingerprint density at radius 1 is 1.09 bits per heavy atom. The molecule has 1 saturated heterocycles. The van der Waals surface area contributed by atoms with Crippen LogP contribution in [0.1, 0.15) is 40.6 Å². The first kappa shape index (κ1) is 15.2. The SMILES string of the molecule is CC(=O)c1ccc(NC(=O)c2cc(N3CCCC3)ccn2)cc1. The number of pyridine rings is 1. The van der Waals surface area contributed by atoms with Crippen LogP contribution in [-0.2, 0) is 0 Å². The molecule has 1 aromatic heterocycles. The highest BCUT2D eigenvalue weighted by Crippen LogP contribution is 2.20. The Morgan fingerprint density at radius 2 is 1.78 bits per heavy atom. The van der Waals surface area contributed by atoms with Crippen LogP contribution in [0.4, 0.5) is 11.4 Å². The number of ketones is 1. The second kappa shape index (κ2) is 6.60. The third-order valence-corrected chi connectivity index (χ3v) is 4.00. The molecule has 2 heterocycles. The first-order valence-corrected chi connectivity index (χ1v) is 7.77. The van der Waals surface area contributed by atoms with E-state index in [1.807, 2.05) is 12.1 Å². The molecule has 1 fully saturated rings. The normalized spacial score (nSPS) is 13.9. The van der Waals surface area contributed by atoms with Crippen LogP contribution in [0.2, 0.25) is 0 Å². The minimum absolute atomic E-state index is 0.00265. The Morgan fingerprint density at radius 3 is 2.43 bits per heavy atom. The molecule has 118 valence electrons. The van der Waals surface area contributed by atoms with Gasteiger partial charge in [0.25, 0.3) is 5.91 Å². The summed E-state index contributed by atoms with van der Waals surface area (Å²) in [6.07, 6.45) is 4.04. The fourth-order valence-corrected chi connectivity index (χ4v) is 2.70. The molecule has 0 bridgehead atoms. The number of carbonyl (C=O) groups excluding carboxylic acids is 2. The maximum Gasteiger partial charge on any atom is 0.274 e. The molecule has 1 N–H and O–H groups in total. The quantitative estimate of drug-likeness (QED) is 0.881. The lowest BCUT2D eigenvalue weighted by Gasteiger charge is -2.17. The van der Waals surface area contributed by atoms with Crippen LogP contribution in [0, 0.1) is 0 Å². The molecule has 0 aliphatic carbocycles. The van der Waals surface area contributed by atoms with Crippen molar-refractivity contribution in [1.29, 1.82) is 0 Å². The summed E-state index contributed by atoms with van der Waals surface area (Å²) >= 11 is 0. The number of hydrogen-bond acceptors (Lipinski definition) is 4. The van der Waals surface area contributed by atoms with Gasteiger partial charge in [0.15, 0.2) is 5.78 Å². The van der Waals surface area contributed by atoms with E-state index in [0.29, 0.717) is 16.9 Å². The molecule has 0 spiro atoms. The van der Waals surface area contributed by atoms with Gasteiger partial charge < -0.3 is 10.2 Å². The summed E-state index contributed by atoms with van der Waals surface area (Å²) < 4.78 is 0. The van der Waals surface area contributed by atoms with Crippen molar-refractivity contribution in [2.45, 2.75) is 19.8 Å². The molecule has 3 rings (SSSR count). The van der Waals surface area contributed by atoms with E-state index >= 15 is 0 Å². The highest BCUT2D eigenvalue weighted by atomic mass is 16.2. The molecule has 2 aromatic rings. The van der Waals surface area contributed by atoms with Crippen LogP contribution in [0.5, 0.6) is 0 Å². The summed E-state index contributed by atoms with van der Waals surface area (Å²) in [4.78, 5) is 30.0. The third kappa shape index (κ3) is 3.56.